The zero-order chi connectivity index (χ0) is 16.1. The highest BCUT2D eigenvalue weighted by Gasteiger charge is 2.27. The van der Waals surface area contributed by atoms with Gasteiger partial charge in [0.1, 0.15) is 0 Å². The van der Waals surface area contributed by atoms with Gasteiger partial charge in [-0.15, -0.1) is 0 Å². The van der Waals surface area contributed by atoms with Crippen LogP contribution in [0.25, 0.3) is 0 Å². The van der Waals surface area contributed by atoms with Crippen LogP contribution in [0.1, 0.15) is 11.1 Å². The van der Waals surface area contributed by atoms with E-state index in [1.165, 1.54) is 16.8 Å². The van der Waals surface area contributed by atoms with E-state index in [1.807, 2.05) is 0 Å². The summed E-state index contributed by atoms with van der Waals surface area (Å²) < 4.78 is 5.48. The normalized spacial score (nSPS) is 19.0. The summed E-state index contributed by atoms with van der Waals surface area (Å²) in [7, 11) is 1.80. The van der Waals surface area contributed by atoms with Crippen molar-refractivity contribution in [2.45, 2.75) is 19.5 Å². The van der Waals surface area contributed by atoms with E-state index in [2.05, 4.69) is 71.3 Å². The molecule has 0 N–H and O–H groups in total. The zero-order valence-electron chi connectivity index (χ0n) is 14.1. The summed E-state index contributed by atoms with van der Waals surface area (Å²) in [5.74, 6) is 0. The second-order valence-corrected chi connectivity index (χ2v) is 6.35. The third-order valence-electron chi connectivity index (χ3n) is 4.59. The van der Waals surface area contributed by atoms with Gasteiger partial charge in [-0.25, -0.2) is 0 Å². The summed E-state index contributed by atoms with van der Waals surface area (Å²) >= 11 is 0. The molecule has 1 fully saturated rings. The van der Waals surface area contributed by atoms with Crippen LogP contribution in [0.4, 0.5) is 5.69 Å². The van der Waals surface area contributed by atoms with Crippen LogP contribution in [0.2, 0.25) is 0 Å². The average molecular weight is 310 g/mol. The van der Waals surface area contributed by atoms with Gasteiger partial charge in [0.2, 0.25) is 0 Å². The first-order valence-corrected chi connectivity index (χ1v) is 8.35. The van der Waals surface area contributed by atoms with Crippen molar-refractivity contribution in [3.05, 3.63) is 65.7 Å². The quantitative estimate of drug-likeness (QED) is 0.842. The molecule has 23 heavy (non-hydrogen) atoms. The van der Waals surface area contributed by atoms with Gasteiger partial charge in [-0.2, -0.15) is 0 Å². The van der Waals surface area contributed by atoms with Crippen molar-refractivity contribution >= 4 is 5.69 Å². The average Bonchev–Trinajstić information content (AvgIpc) is 2.58. The summed E-state index contributed by atoms with van der Waals surface area (Å²) in [6, 6.07) is 20.0. The molecule has 0 radical (unpaired) electrons. The lowest BCUT2D eigenvalue weighted by Gasteiger charge is -2.42. The Labute approximate surface area is 139 Å². The lowest BCUT2D eigenvalue weighted by molar-refractivity contribution is 0.0768. The lowest BCUT2D eigenvalue weighted by atomic mass is 10.1. The Morgan fingerprint density at radius 2 is 1.74 bits per heavy atom. The van der Waals surface area contributed by atoms with E-state index in [0.717, 1.165) is 32.8 Å². The predicted octanol–water partition coefficient (Wildman–Crippen LogP) is 3.33. The number of aryl methyl sites for hydroxylation is 1. The van der Waals surface area contributed by atoms with Gasteiger partial charge in [-0.3, -0.25) is 4.90 Å². The lowest BCUT2D eigenvalue weighted by Crippen LogP contribution is -2.54. The number of nitrogens with zero attached hydrogens (tertiary/aromatic N) is 2. The molecular formula is C20H26N2O. The second-order valence-electron chi connectivity index (χ2n) is 6.35. The number of methoxy groups -OCH3 is 1. The number of piperazine rings is 1. The van der Waals surface area contributed by atoms with Gasteiger partial charge < -0.3 is 9.64 Å². The molecule has 0 amide bonds. The number of anilines is 1. The Morgan fingerprint density at radius 3 is 2.43 bits per heavy atom. The van der Waals surface area contributed by atoms with Crippen LogP contribution >= 0.6 is 0 Å². The van der Waals surface area contributed by atoms with Crippen LogP contribution in [0.3, 0.4) is 0 Å². The van der Waals surface area contributed by atoms with Crippen molar-refractivity contribution in [1.82, 2.24) is 4.90 Å². The minimum absolute atomic E-state index is 0.426. The topological polar surface area (TPSA) is 15.7 Å². The second kappa shape index (κ2) is 7.62. The van der Waals surface area contributed by atoms with Crippen molar-refractivity contribution in [2.75, 3.05) is 38.3 Å². The largest absolute Gasteiger partial charge is 0.383 e. The molecule has 1 heterocycles. The van der Waals surface area contributed by atoms with Gasteiger partial charge in [0.25, 0.3) is 0 Å². The summed E-state index contributed by atoms with van der Waals surface area (Å²) in [5, 5.41) is 0. The number of rotatable bonds is 5. The van der Waals surface area contributed by atoms with Gasteiger partial charge in [-0.05, 0) is 24.6 Å². The minimum atomic E-state index is 0.426. The Bertz CT molecular complexity index is 597. The molecule has 1 aliphatic heterocycles. The fraction of sp³-hybridized carbons (Fsp3) is 0.400. The molecule has 3 rings (SSSR count). The molecule has 0 aromatic heterocycles. The Hall–Kier alpha value is -1.84. The Morgan fingerprint density at radius 1 is 1.00 bits per heavy atom. The van der Waals surface area contributed by atoms with Crippen LogP contribution in [-0.2, 0) is 11.3 Å². The van der Waals surface area contributed by atoms with E-state index in [0.29, 0.717) is 6.04 Å². The molecule has 2 aromatic rings. The van der Waals surface area contributed by atoms with E-state index in [4.69, 9.17) is 4.74 Å². The molecule has 0 bridgehead atoms. The fourth-order valence-electron chi connectivity index (χ4n) is 3.26. The summed E-state index contributed by atoms with van der Waals surface area (Å²) in [6.45, 7) is 7.05. The smallest absolute Gasteiger partial charge is 0.0635 e. The molecule has 1 unspecified atom stereocenters. The SMILES string of the molecule is COCC1CN(c2ccc(C)cc2)CCN1Cc1ccccc1. The maximum Gasteiger partial charge on any atom is 0.0635 e. The Kier molecular flexibility index (Phi) is 5.31. The molecule has 3 nitrogen and oxygen atoms in total. The van der Waals surface area contributed by atoms with Gasteiger partial charge >= 0.3 is 0 Å². The molecule has 1 aliphatic rings. The van der Waals surface area contributed by atoms with E-state index >= 15 is 0 Å². The molecule has 0 aliphatic carbocycles. The maximum atomic E-state index is 5.48. The highest BCUT2D eigenvalue weighted by atomic mass is 16.5. The first-order valence-electron chi connectivity index (χ1n) is 8.35. The molecule has 122 valence electrons. The first kappa shape index (κ1) is 16.0. The summed E-state index contributed by atoms with van der Waals surface area (Å²) in [5.41, 5.74) is 4.00. The van der Waals surface area contributed by atoms with Crippen LogP contribution in [0.15, 0.2) is 54.6 Å². The molecule has 0 spiro atoms. The molecule has 0 saturated carbocycles. The number of benzene rings is 2. The van der Waals surface area contributed by atoms with E-state index < -0.39 is 0 Å². The van der Waals surface area contributed by atoms with Gasteiger partial charge in [0.05, 0.1) is 12.6 Å². The number of hydrogen-bond donors (Lipinski definition) is 0. The summed E-state index contributed by atoms with van der Waals surface area (Å²) in [6.07, 6.45) is 0. The fourth-order valence-corrected chi connectivity index (χ4v) is 3.26. The maximum absolute atomic E-state index is 5.48. The van der Waals surface area contributed by atoms with Crippen molar-refractivity contribution in [3.8, 4) is 0 Å². The van der Waals surface area contributed by atoms with Crippen molar-refractivity contribution < 1.29 is 4.74 Å². The number of hydrogen-bond acceptors (Lipinski definition) is 3. The number of ether oxygens (including phenoxy) is 1. The molecular weight excluding hydrogens is 284 g/mol. The van der Waals surface area contributed by atoms with Crippen molar-refractivity contribution in [3.63, 3.8) is 0 Å². The monoisotopic (exact) mass is 310 g/mol. The molecule has 2 aromatic carbocycles. The standard InChI is InChI=1S/C20H26N2O/c1-17-8-10-19(11-9-17)22-13-12-21(20(15-22)16-23-2)14-18-6-4-3-5-7-18/h3-11,20H,12-16H2,1-2H3. The van der Waals surface area contributed by atoms with E-state index in [1.54, 1.807) is 7.11 Å². The molecule has 3 heteroatoms. The van der Waals surface area contributed by atoms with Crippen LogP contribution in [0.5, 0.6) is 0 Å². The zero-order valence-corrected chi connectivity index (χ0v) is 14.1. The predicted molar refractivity (Wildman–Crippen MR) is 95.9 cm³/mol. The van der Waals surface area contributed by atoms with E-state index in [9.17, 15) is 0 Å². The third-order valence-corrected chi connectivity index (χ3v) is 4.59. The van der Waals surface area contributed by atoms with Gasteiger partial charge in [0, 0.05) is 39.0 Å². The van der Waals surface area contributed by atoms with Crippen molar-refractivity contribution in [2.24, 2.45) is 0 Å². The Balaban J connectivity index is 1.69. The van der Waals surface area contributed by atoms with Gasteiger partial charge in [-0.1, -0.05) is 48.0 Å². The summed E-state index contributed by atoms with van der Waals surface area (Å²) in [4.78, 5) is 5.02. The first-order chi connectivity index (χ1) is 11.3. The van der Waals surface area contributed by atoms with Crippen LogP contribution in [0, 0.1) is 6.92 Å². The van der Waals surface area contributed by atoms with Crippen LogP contribution < -0.4 is 4.90 Å². The minimum Gasteiger partial charge on any atom is -0.383 e. The third kappa shape index (κ3) is 4.12. The van der Waals surface area contributed by atoms with Crippen LogP contribution in [-0.4, -0.2) is 44.3 Å². The highest BCUT2D eigenvalue weighted by Crippen LogP contribution is 2.21. The van der Waals surface area contributed by atoms with E-state index in [-0.39, 0.29) is 0 Å². The van der Waals surface area contributed by atoms with Crippen molar-refractivity contribution in [1.29, 1.82) is 0 Å². The van der Waals surface area contributed by atoms with Gasteiger partial charge in [0.15, 0.2) is 0 Å². The molecule has 1 atom stereocenters. The molecule has 1 saturated heterocycles. The highest BCUT2D eigenvalue weighted by molar-refractivity contribution is 5.48.